The van der Waals surface area contributed by atoms with Gasteiger partial charge in [0.1, 0.15) is 11.1 Å². The van der Waals surface area contributed by atoms with Gasteiger partial charge in [0.2, 0.25) is 0 Å². The molecule has 0 heterocycles. The summed E-state index contributed by atoms with van der Waals surface area (Å²) in [7, 11) is 0. The average Bonchev–Trinajstić information content (AvgIpc) is 2.72. The molecule has 0 atom stereocenters. The second-order valence-electron chi connectivity index (χ2n) is 5.83. The van der Waals surface area contributed by atoms with Gasteiger partial charge in [-0.1, -0.05) is 60.7 Å². The van der Waals surface area contributed by atoms with Gasteiger partial charge in [-0.3, -0.25) is 35.1 Å². The van der Waals surface area contributed by atoms with Crippen LogP contribution in [0.2, 0.25) is 0 Å². The van der Waals surface area contributed by atoms with E-state index in [1.54, 1.807) is 12.1 Å². The number of nitrogens with zero attached hydrogens (tertiary/aromatic N) is 3. The first-order valence-corrected chi connectivity index (χ1v) is 8.11. The van der Waals surface area contributed by atoms with Crippen LogP contribution >= 0.6 is 0 Å². The number of hydrogen-bond donors (Lipinski definition) is 0. The molecule has 29 heavy (non-hydrogen) atoms. The molecule has 0 unspecified atom stereocenters. The third-order valence-electron chi connectivity index (χ3n) is 4.25. The van der Waals surface area contributed by atoms with Gasteiger partial charge in [0.05, 0.1) is 14.8 Å². The zero-order valence-electron chi connectivity index (χ0n) is 14.6. The largest absolute Gasteiger partial charge is 0.301 e. The number of carbonyl (C=O) groups excluding carboxylic acids is 1. The van der Waals surface area contributed by atoms with Crippen molar-refractivity contribution in [3.63, 3.8) is 0 Å². The van der Waals surface area contributed by atoms with Crippen molar-refractivity contribution in [2.75, 3.05) is 0 Å². The maximum absolute atomic E-state index is 12.0. The van der Waals surface area contributed by atoms with Crippen molar-refractivity contribution in [3.05, 3.63) is 96.6 Å². The number of rotatable bonds is 6. The van der Waals surface area contributed by atoms with E-state index in [1.807, 2.05) is 0 Å². The number of carbonyl (C=O) groups is 1. The Morgan fingerprint density at radius 1 is 0.586 bits per heavy atom. The molecule has 0 aliphatic heterocycles. The highest BCUT2D eigenvalue weighted by molar-refractivity contribution is 6.05. The van der Waals surface area contributed by atoms with Crippen molar-refractivity contribution >= 4 is 23.3 Å². The molecule has 3 aromatic carbocycles. The lowest BCUT2D eigenvalue weighted by molar-refractivity contribution is -0.401. The fraction of sp³-hybridized carbons (Fsp3) is 0. The van der Waals surface area contributed by atoms with Gasteiger partial charge in [0.25, 0.3) is 5.69 Å². The Morgan fingerprint density at radius 2 is 0.931 bits per heavy atom. The van der Waals surface area contributed by atoms with Crippen LogP contribution in [0.25, 0.3) is 22.3 Å². The predicted octanol–water partition coefficient (Wildman–Crippen LogP) is 4.56. The molecule has 0 saturated carbocycles. The lowest BCUT2D eigenvalue weighted by Crippen LogP contribution is -2.08. The van der Waals surface area contributed by atoms with Gasteiger partial charge in [-0.15, -0.1) is 0 Å². The van der Waals surface area contributed by atoms with Gasteiger partial charge in [-0.2, -0.15) is 0 Å². The molecule has 10 heteroatoms. The van der Waals surface area contributed by atoms with Crippen LogP contribution in [0.5, 0.6) is 0 Å². The standard InChI is InChI=1S/C19H11N3O7/c23-11-14-17(20(24)25)15(12-7-3-1-4-8-12)19(22(28)29)16(18(14)21(26)27)13-9-5-2-6-10-13/h1-11H. The Morgan fingerprint density at radius 3 is 1.21 bits per heavy atom. The molecule has 3 aromatic rings. The Labute approximate surface area is 162 Å². The van der Waals surface area contributed by atoms with E-state index in [2.05, 4.69) is 0 Å². The molecule has 0 saturated heterocycles. The number of nitro benzene ring substituents is 3. The minimum Gasteiger partial charge on any atom is -0.297 e. The van der Waals surface area contributed by atoms with E-state index < -0.39 is 48.5 Å². The maximum Gasteiger partial charge on any atom is 0.301 e. The van der Waals surface area contributed by atoms with Gasteiger partial charge < -0.3 is 0 Å². The first-order chi connectivity index (χ1) is 13.9. The van der Waals surface area contributed by atoms with Crippen LogP contribution in [0.1, 0.15) is 10.4 Å². The summed E-state index contributed by atoms with van der Waals surface area (Å²) in [5, 5.41) is 35.6. The Balaban J connectivity index is 2.68. The highest BCUT2D eigenvalue weighted by Crippen LogP contribution is 2.51. The van der Waals surface area contributed by atoms with E-state index in [0.29, 0.717) is 0 Å². The van der Waals surface area contributed by atoms with Crippen LogP contribution in [-0.2, 0) is 0 Å². The number of benzene rings is 3. The third kappa shape index (κ3) is 3.30. The van der Waals surface area contributed by atoms with Gasteiger partial charge in [0.15, 0.2) is 11.8 Å². The monoisotopic (exact) mass is 393 g/mol. The predicted molar refractivity (Wildman–Crippen MR) is 103 cm³/mol. The zero-order chi connectivity index (χ0) is 21.1. The Bertz CT molecular complexity index is 1070. The maximum atomic E-state index is 12.0. The van der Waals surface area contributed by atoms with Crippen molar-refractivity contribution < 1.29 is 19.6 Å². The molecule has 0 fully saturated rings. The summed E-state index contributed by atoms with van der Waals surface area (Å²) in [5.74, 6) is 0. The molecular formula is C19H11N3O7. The summed E-state index contributed by atoms with van der Waals surface area (Å²) >= 11 is 0. The molecule has 144 valence electrons. The second kappa shape index (κ2) is 7.64. The molecule has 0 amide bonds. The molecule has 3 rings (SSSR count). The highest BCUT2D eigenvalue weighted by atomic mass is 16.6. The second-order valence-corrected chi connectivity index (χ2v) is 5.83. The first kappa shape index (κ1) is 19.3. The van der Waals surface area contributed by atoms with Gasteiger partial charge in [-0.05, 0) is 11.1 Å². The first-order valence-electron chi connectivity index (χ1n) is 8.11. The molecule has 0 bridgehead atoms. The van der Waals surface area contributed by atoms with E-state index >= 15 is 0 Å². The van der Waals surface area contributed by atoms with Crippen LogP contribution in [0.4, 0.5) is 17.1 Å². The lowest BCUT2D eigenvalue weighted by atomic mass is 9.90. The smallest absolute Gasteiger partial charge is 0.297 e. The molecule has 10 nitrogen and oxygen atoms in total. The lowest BCUT2D eigenvalue weighted by Gasteiger charge is -2.12. The van der Waals surface area contributed by atoms with Crippen LogP contribution in [0.3, 0.4) is 0 Å². The normalized spacial score (nSPS) is 10.3. The van der Waals surface area contributed by atoms with Gasteiger partial charge in [-0.25, -0.2) is 0 Å². The van der Waals surface area contributed by atoms with E-state index in [0.717, 1.165) is 0 Å². The summed E-state index contributed by atoms with van der Waals surface area (Å²) in [4.78, 5) is 44.4. The number of aldehydes is 1. The fourth-order valence-electron chi connectivity index (χ4n) is 3.16. The SMILES string of the molecule is O=Cc1c([N+](=O)[O-])c(-c2ccccc2)c([N+](=O)[O-])c(-c2ccccc2)c1[N+](=O)[O-]. The van der Waals surface area contributed by atoms with Crippen LogP contribution < -0.4 is 0 Å². The summed E-state index contributed by atoms with van der Waals surface area (Å²) in [6.45, 7) is 0. The number of nitro groups is 3. The topological polar surface area (TPSA) is 146 Å². The van der Waals surface area contributed by atoms with Crippen LogP contribution in [0.15, 0.2) is 60.7 Å². The van der Waals surface area contributed by atoms with Crippen LogP contribution in [0, 0.1) is 30.3 Å². The van der Waals surface area contributed by atoms with Crippen molar-refractivity contribution in [1.82, 2.24) is 0 Å². The van der Waals surface area contributed by atoms with Gasteiger partial charge in [0, 0.05) is 0 Å². The molecule has 0 aliphatic carbocycles. The highest BCUT2D eigenvalue weighted by Gasteiger charge is 2.42. The zero-order valence-corrected chi connectivity index (χ0v) is 14.6. The summed E-state index contributed by atoms with van der Waals surface area (Å²) < 4.78 is 0. The Kier molecular flexibility index (Phi) is 5.09. The van der Waals surface area contributed by atoms with Crippen molar-refractivity contribution in [1.29, 1.82) is 0 Å². The molecule has 0 radical (unpaired) electrons. The van der Waals surface area contributed by atoms with Gasteiger partial charge >= 0.3 is 11.4 Å². The Hall–Kier alpha value is -4.47. The minimum atomic E-state index is -1.01. The summed E-state index contributed by atoms with van der Waals surface area (Å²) in [6, 6.07) is 14.8. The molecule has 0 aromatic heterocycles. The fourth-order valence-corrected chi connectivity index (χ4v) is 3.16. The number of hydrogen-bond acceptors (Lipinski definition) is 7. The van der Waals surface area contributed by atoms with Crippen molar-refractivity contribution in [2.24, 2.45) is 0 Å². The van der Waals surface area contributed by atoms with Crippen molar-refractivity contribution in [2.45, 2.75) is 0 Å². The molecular weight excluding hydrogens is 382 g/mol. The molecule has 0 spiro atoms. The van der Waals surface area contributed by atoms with E-state index in [9.17, 15) is 35.1 Å². The van der Waals surface area contributed by atoms with E-state index in [1.165, 1.54) is 48.5 Å². The summed E-state index contributed by atoms with van der Waals surface area (Å²) in [5.41, 5.74) is -4.37. The average molecular weight is 393 g/mol. The molecule has 0 aliphatic rings. The minimum absolute atomic E-state index is 0.0150. The van der Waals surface area contributed by atoms with Crippen molar-refractivity contribution in [3.8, 4) is 22.3 Å². The quantitative estimate of drug-likeness (QED) is 0.339. The van der Waals surface area contributed by atoms with E-state index in [4.69, 9.17) is 0 Å². The summed E-state index contributed by atoms with van der Waals surface area (Å²) in [6.07, 6.45) is -0.0150. The van der Waals surface area contributed by atoms with Crippen LogP contribution in [-0.4, -0.2) is 21.1 Å². The molecule has 0 N–H and O–H groups in total. The third-order valence-corrected chi connectivity index (χ3v) is 4.25. The van der Waals surface area contributed by atoms with E-state index in [-0.39, 0.29) is 17.4 Å².